The molecule has 6 nitrogen and oxygen atoms in total. The van der Waals surface area contributed by atoms with Crippen molar-refractivity contribution in [1.29, 1.82) is 0 Å². The first-order chi connectivity index (χ1) is 8.81. The topological polar surface area (TPSA) is 98.9 Å². The molecule has 0 aliphatic rings. The Morgan fingerprint density at radius 1 is 1.37 bits per heavy atom. The normalized spacial score (nSPS) is 10.3. The molecule has 0 bridgehead atoms. The Labute approximate surface area is 113 Å². The van der Waals surface area contributed by atoms with Crippen LogP contribution < -0.4 is 5.73 Å². The lowest BCUT2D eigenvalue weighted by atomic mass is 10.2. The zero-order chi connectivity index (χ0) is 15.4. The lowest BCUT2D eigenvalue weighted by Crippen LogP contribution is -2.15. The highest BCUT2D eigenvalue weighted by Crippen LogP contribution is 2.01. The zero-order valence-corrected chi connectivity index (χ0v) is 11.3. The highest BCUT2D eigenvalue weighted by Gasteiger charge is 2.12. The summed E-state index contributed by atoms with van der Waals surface area (Å²) in [5.41, 5.74) is 5.47. The summed E-state index contributed by atoms with van der Waals surface area (Å²) in [6, 6.07) is 0. The summed E-state index contributed by atoms with van der Waals surface area (Å²) in [4.78, 5) is 21.1. The molecule has 0 aromatic heterocycles. The van der Waals surface area contributed by atoms with E-state index in [9.17, 15) is 9.59 Å². The molecule has 0 saturated heterocycles. The van der Waals surface area contributed by atoms with E-state index in [-0.39, 0.29) is 18.1 Å². The number of methoxy groups -OCH3 is 1. The van der Waals surface area contributed by atoms with Gasteiger partial charge in [-0.25, -0.2) is 9.59 Å². The molecule has 19 heavy (non-hydrogen) atoms. The van der Waals surface area contributed by atoms with Gasteiger partial charge in [-0.15, -0.1) is 6.58 Å². The molecule has 0 aliphatic heterocycles. The van der Waals surface area contributed by atoms with Crippen molar-refractivity contribution >= 4 is 11.9 Å². The molecule has 3 N–H and O–H groups in total. The number of hydrogen-bond acceptors (Lipinski definition) is 6. The van der Waals surface area contributed by atoms with Crippen LogP contribution in [0.25, 0.3) is 0 Å². The van der Waals surface area contributed by atoms with Crippen molar-refractivity contribution < 1.29 is 24.2 Å². The fourth-order valence-corrected chi connectivity index (χ4v) is 0.669. The summed E-state index contributed by atoms with van der Waals surface area (Å²) in [6.45, 7) is 12.2. The minimum atomic E-state index is -1.01. The Morgan fingerprint density at radius 2 is 1.89 bits per heavy atom. The Balaban J connectivity index is 0. The molecule has 0 aliphatic carbocycles. The van der Waals surface area contributed by atoms with E-state index in [2.05, 4.69) is 29.2 Å². The van der Waals surface area contributed by atoms with Crippen molar-refractivity contribution in [3.05, 3.63) is 37.0 Å². The maximum Gasteiger partial charge on any atom is 0.336 e. The van der Waals surface area contributed by atoms with Gasteiger partial charge in [0.2, 0.25) is 0 Å². The SMILES string of the molecule is C=C(C)C(=O)OCCN.C=CC(O)C(=C)C(=O)OC. The molecule has 0 amide bonds. The van der Waals surface area contributed by atoms with E-state index in [4.69, 9.17) is 10.8 Å². The summed E-state index contributed by atoms with van der Waals surface area (Å²) in [5, 5.41) is 8.91. The average molecular weight is 271 g/mol. The molecule has 0 fully saturated rings. The zero-order valence-electron chi connectivity index (χ0n) is 11.3. The van der Waals surface area contributed by atoms with Crippen LogP contribution in [0.3, 0.4) is 0 Å². The van der Waals surface area contributed by atoms with Crippen LogP contribution in [-0.4, -0.2) is 43.4 Å². The third-order valence-electron chi connectivity index (χ3n) is 1.73. The quantitative estimate of drug-likeness (QED) is 0.410. The van der Waals surface area contributed by atoms with Gasteiger partial charge in [0.05, 0.1) is 12.7 Å². The van der Waals surface area contributed by atoms with Crippen LogP contribution in [0.5, 0.6) is 0 Å². The van der Waals surface area contributed by atoms with E-state index in [1.807, 2.05) is 0 Å². The largest absolute Gasteiger partial charge is 0.466 e. The van der Waals surface area contributed by atoms with Gasteiger partial charge in [-0.05, 0) is 6.92 Å². The summed E-state index contributed by atoms with van der Waals surface area (Å²) in [6.07, 6.45) is 0.201. The first-order valence-electron chi connectivity index (χ1n) is 5.42. The standard InChI is InChI=1S/C7H10O3.C6H11NO2/c1-4-6(8)5(2)7(9)10-3;1-5(2)6(8)9-4-3-7/h4,6,8H,1-2H2,3H3;1,3-4,7H2,2H3. The lowest BCUT2D eigenvalue weighted by molar-refractivity contribution is -0.139. The van der Waals surface area contributed by atoms with Crippen molar-refractivity contribution in [2.24, 2.45) is 5.73 Å². The van der Waals surface area contributed by atoms with Gasteiger partial charge >= 0.3 is 11.9 Å². The molecule has 0 rings (SSSR count). The number of carbonyl (C=O) groups excluding carboxylic acids is 2. The molecule has 108 valence electrons. The molecule has 0 aromatic rings. The molecule has 0 saturated carbocycles. The molecule has 0 spiro atoms. The van der Waals surface area contributed by atoms with Gasteiger partial charge in [0.25, 0.3) is 0 Å². The third-order valence-corrected chi connectivity index (χ3v) is 1.73. The van der Waals surface area contributed by atoms with Gasteiger partial charge in [-0.1, -0.05) is 19.2 Å². The van der Waals surface area contributed by atoms with Crippen LogP contribution in [0.1, 0.15) is 6.92 Å². The maximum absolute atomic E-state index is 10.6. The summed E-state index contributed by atoms with van der Waals surface area (Å²) in [5.74, 6) is -0.993. The number of nitrogens with two attached hydrogens (primary N) is 1. The van der Waals surface area contributed by atoms with Crippen molar-refractivity contribution in [3.8, 4) is 0 Å². The van der Waals surface area contributed by atoms with E-state index in [1.165, 1.54) is 13.2 Å². The Bertz CT molecular complexity index is 349. The molecule has 0 aromatic carbocycles. The van der Waals surface area contributed by atoms with Crippen LogP contribution in [-0.2, 0) is 19.1 Å². The number of rotatable bonds is 6. The maximum atomic E-state index is 10.6. The van der Waals surface area contributed by atoms with E-state index in [1.54, 1.807) is 6.92 Å². The second-order valence-electron chi connectivity index (χ2n) is 3.40. The third kappa shape index (κ3) is 9.75. The number of ether oxygens (including phenoxy) is 2. The van der Waals surface area contributed by atoms with Crippen molar-refractivity contribution in [3.63, 3.8) is 0 Å². The van der Waals surface area contributed by atoms with Crippen LogP contribution in [0.4, 0.5) is 0 Å². The summed E-state index contributed by atoms with van der Waals surface area (Å²) in [7, 11) is 1.23. The fraction of sp³-hybridized carbons (Fsp3) is 0.385. The highest BCUT2D eigenvalue weighted by atomic mass is 16.5. The predicted molar refractivity (Wildman–Crippen MR) is 72.2 cm³/mol. The molecule has 0 heterocycles. The van der Waals surface area contributed by atoms with Crippen LogP contribution in [0, 0.1) is 0 Å². The van der Waals surface area contributed by atoms with Gasteiger partial charge in [0, 0.05) is 12.1 Å². The molecule has 1 unspecified atom stereocenters. The average Bonchev–Trinajstić information content (AvgIpc) is 2.42. The lowest BCUT2D eigenvalue weighted by Gasteiger charge is -2.05. The summed E-state index contributed by atoms with van der Waals surface area (Å²) < 4.78 is 8.88. The fourth-order valence-electron chi connectivity index (χ4n) is 0.669. The highest BCUT2D eigenvalue weighted by molar-refractivity contribution is 5.89. The number of carbonyl (C=O) groups is 2. The molecule has 0 radical (unpaired) electrons. The molecular weight excluding hydrogens is 250 g/mol. The minimum absolute atomic E-state index is 0.00231. The van der Waals surface area contributed by atoms with Gasteiger partial charge in [0.1, 0.15) is 12.7 Å². The molecule has 1 atom stereocenters. The number of esters is 2. The second kappa shape index (κ2) is 11.2. The predicted octanol–water partition coefficient (Wildman–Crippen LogP) is 0.327. The van der Waals surface area contributed by atoms with Crippen molar-refractivity contribution in [2.75, 3.05) is 20.3 Å². The van der Waals surface area contributed by atoms with Crippen LogP contribution in [0.15, 0.2) is 37.0 Å². The van der Waals surface area contributed by atoms with E-state index in [0.717, 1.165) is 0 Å². The Morgan fingerprint density at radius 3 is 2.21 bits per heavy atom. The Kier molecular flexibility index (Phi) is 11.4. The van der Waals surface area contributed by atoms with Crippen LogP contribution in [0.2, 0.25) is 0 Å². The van der Waals surface area contributed by atoms with E-state index < -0.39 is 12.1 Å². The Hall–Kier alpha value is -1.92. The summed E-state index contributed by atoms with van der Waals surface area (Å²) >= 11 is 0. The van der Waals surface area contributed by atoms with Gasteiger partial charge in [-0.3, -0.25) is 0 Å². The van der Waals surface area contributed by atoms with Crippen molar-refractivity contribution in [1.82, 2.24) is 0 Å². The van der Waals surface area contributed by atoms with E-state index in [0.29, 0.717) is 12.1 Å². The monoisotopic (exact) mass is 271 g/mol. The van der Waals surface area contributed by atoms with Gasteiger partial charge in [0.15, 0.2) is 0 Å². The second-order valence-corrected chi connectivity index (χ2v) is 3.40. The van der Waals surface area contributed by atoms with Gasteiger partial charge in [-0.2, -0.15) is 0 Å². The smallest absolute Gasteiger partial charge is 0.336 e. The van der Waals surface area contributed by atoms with E-state index >= 15 is 0 Å². The number of hydrogen-bond donors (Lipinski definition) is 2. The minimum Gasteiger partial charge on any atom is -0.466 e. The van der Waals surface area contributed by atoms with Crippen LogP contribution >= 0.6 is 0 Å². The van der Waals surface area contributed by atoms with Crippen molar-refractivity contribution in [2.45, 2.75) is 13.0 Å². The molecule has 6 heteroatoms. The first kappa shape index (κ1) is 19.4. The van der Waals surface area contributed by atoms with Gasteiger partial charge < -0.3 is 20.3 Å². The number of aliphatic hydroxyl groups is 1. The first-order valence-corrected chi connectivity index (χ1v) is 5.42. The number of aliphatic hydroxyl groups excluding tert-OH is 1. The molecular formula is C13H21NO5.